The molecule has 0 aliphatic carbocycles. The van der Waals surface area contributed by atoms with Crippen LogP contribution in [0.15, 0.2) is 72.9 Å². The van der Waals surface area contributed by atoms with Crippen LogP contribution >= 0.6 is 7.82 Å². The Morgan fingerprint density at radius 2 is 1.06 bits per heavy atom. The molecule has 0 fully saturated rings. The Hall–Kier alpha value is -2.10. The highest BCUT2D eigenvalue weighted by Gasteiger charge is 2.26. The van der Waals surface area contributed by atoms with E-state index in [2.05, 4.69) is 86.8 Å². The van der Waals surface area contributed by atoms with Gasteiger partial charge in [0.25, 0.3) is 0 Å². The SMILES string of the molecule is CC/C=C\C/C=C\C/C=C\C/C=C\CCCCCCCOCC(COP(=O)(O)OCC(O)CO)OC(=O)CCCCCCC/C=C\C/C=C\CCCCC. The van der Waals surface area contributed by atoms with Gasteiger partial charge in [0.05, 0.1) is 26.4 Å². The molecule has 0 aliphatic rings. The maximum atomic E-state index is 12.6. The van der Waals surface area contributed by atoms with Crippen molar-refractivity contribution in [3.63, 3.8) is 0 Å². The summed E-state index contributed by atoms with van der Waals surface area (Å²) in [6, 6.07) is 0. The van der Waals surface area contributed by atoms with Crippen molar-refractivity contribution in [2.45, 2.75) is 167 Å². The molecule has 0 saturated heterocycles. The van der Waals surface area contributed by atoms with E-state index in [-0.39, 0.29) is 13.0 Å². The van der Waals surface area contributed by atoms with Gasteiger partial charge in [-0.05, 0) is 83.5 Å². The molecule has 0 rings (SSSR count). The number of rotatable bonds is 39. The summed E-state index contributed by atoms with van der Waals surface area (Å²) in [5, 5.41) is 18.3. The molecule has 9 nitrogen and oxygen atoms in total. The molecule has 10 heteroatoms. The highest BCUT2D eigenvalue weighted by atomic mass is 31.2. The number of phosphoric acid groups is 1. The Morgan fingerprint density at radius 3 is 1.59 bits per heavy atom. The lowest BCUT2D eigenvalue weighted by Crippen LogP contribution is -2.29. The summed E-state index contributed by atoms with van der Waals surface area (Å²) in [7, 11) is -4.53. The van der Waals surface area contributed by atoms with E-state index in [4.69, 9.17) is 23.6 Å². The van der Waals surface area contributed by atoms with Crippen molar-refractivity contribution in [1.82, 2.24) is 0 Å². The number of hydrogen-bond donors (Lipinski definition) is 3. The van der Waals surface area contributed by atoms with Crippen LogP contribution in [0.2, 0.25) is 0 Å². The Bertz CT molecular complexity index is 1070. The summed E-state index contributed by atoms with van der Waals surface area (Å²) in [5.41, 5.74) is 0. The van der Waals surface area contributed by atoms with Crippen LogP contribution in [0.25, 0.3) is 0 Å². The first kappa shape index (κ1) is 51.9. The monoisotopic (exact) mass is 781 g/mol. The molecule has 0 aromatic carbocycles. The summed E-state index contributed by atoms with van der Waals surface area (Å²) < 4.78 is 33.3. The zero-order chi connectivity index (χ0) is 39.6. The lowest BCUT2D eigenvalue weighted by Gasteiger charge is -2.20. The van der Waals surface area contributed by atoms with Crippen molar-refractivity contribution in [2.75, 3.05) is 33.0 Å². The number of phosphoric ester groups is 1. The lowest BCUT2D eigenvalue weighted by atomic mass is 10.1. The third-order valence-electron chi connectivity index (χ3n) is 8.38. The molecule has 0 radical (unpaired) electrons. The largest absolute Gasteiger partial charge is 0.472 e. The zero-order valence-corrected chi connectivity index (χ0v) is 34.8. The molecule has 0 heterocycles. The Balaban J connectivity index is 4.27. The number of unbranched alkanes of at least 4 members (excludes halogenated alkanes) is 13. The summed E-state index contributed by atoms with van der Waals surface area (Å²) >= 11 is 0. The second-order valence-corrected chi connectivity index (χ2v) is 15.1. The fraction of sp³-hybridized carbons (Fsp3) is 0.705. The van der Waals surface area contributed by atoms with Gasteiger partial charge in [-0.15, -0.1) is 0 Å². The molecule has 0 amide bonds. The number of aliphatic hydroxyl groups is 2. The standard InChI is InChI=1S/C44H77O9P/c1-3-5-7-9-11-13-15-17-19-20-21-23-25-27-29-31-33-35-37-50-40-43(41-52-54(48,49)51-39-42(46)38-45)53-44(47)36-34-32-30-28-26-24-22-18-16-14-12-10-8-6-4-2/h5,7,11-14,17-19,21-23,42-43,45-46H,3-4,6,8-10,15-16,20,24-41H2,1-2H3,(H,48,49)/b7-5-,13-11-,14-12-,19-17-,22-18-,23-21-. The van der Waals surface area contributed by atoms with Gasteiger partial charge in [0.15, 0.2) is 0 Å². The van der Waals surface area contributed by atoms with Crippen LogP contribution in [-0.2, 0) is 27.9 Å². The van der Waals surface area contributed by atoms with Crippen LogP contribution in [0.5, 0.6) is 0 Å². The fourth-order valence-corrected chi connectivity index (χ4v) is 5.99. The average Bonchev–Trinajstić information content (AvgIpc) is 3.16. The average molecular weight is 781 g/mol. The molecule has 312 valence electrons. The molecule has 0 spiro atoms. The van der Waals surface area contributed by atoms with Gasteiger partial charge in [-0.25, -0.2) is 4.57 Å². The highest BCUT2D eigenvalue weighted by molar-refractivity contribution is 7.47. The molecular weight excluding hydrogens is 703 g/mol. The van der Waals surface area contributed by atoms with Crippen molar-refractivity contribution in [3.8, 4) is 0 Å². The Kier molecular flexibility index (Phi) is 39.0. The topological polar surface area (TPSA) is 132 Å². The molecule has 0 bridgehead atoms. The smallest absolute Gasteiger partial charge is 0.457 e. The highest BCUT2D eigenvalue weighted by Crippen LogP contribution is 2.43. The number of ether oxygens (including phenoxy) is 2. The van der Waals surface area contributed by atoms with E-state index < -0.39 is 45.8 Å². The van der Waals surface area contributed by atoms with Gasteiger partial charge in [-0.1, -0.05) is 138 Å². The first-order chi connectivity index (χ1) is 26.3. The van der Waals surface area contributed by atoms with E-state index in [1.807, 2.05) is 0 Å². The predicted octanol–water partition coefficient (Wildman–Crippen LogP) is 11.4. The normalized spacial score (nSPS) is 14.8. The number of aliphatic hydroxyl groups excluding tert-OH is 2. The molecule has 54 heavy (non-hydrogen) atoms. The van der Waals surface area contributed by atoms with E-state index in [1.54, 1.807) is 0 Å². The van der Waals surface area contributed by atoms with E-state index in [9.17, 15) is 19.4 Å². The minimum Gasteiger partial charge on any atom is -0.457 e. The van der Waals surface area contributed by atoms with Gasteiger partial charge in [0, 0.05) is 13.0 Å². The van der Waals surface area contributed by atoms with E-state index in [0.29, 0.717) is 13.0 Å². The molecule has 3 unspecified atom stereocenters. The van der Waals surface area contributed by atoms with Crippen LogP contribution in [-0.4, -0.2) is 66.3 Å². The number of carbonyl (C=O) groups is 1. The number of allylic oxidation sites excluding steroid dienone is 12. The predicted molar refractivity (Wildman–Crippen MR) is 223 cm³/mol. The Labute approximate surface area is 329 Å². The summed E-state index contributed by atoms with van der Waals surface area (Å²) in [6.45, 7) is 3.29. The fourth-order valence-electron chi connectivity index (χ4n) is 5.20. The van der Waals surface area contributed by atoms with Crippen molar-refractivity contribution >= 4 is 13.8 Å². The van der Waals surface area contributed by atoms with Gasteiger partial charge < -0.3 is 24.6 Å². The zero-order valence-electron chi connectivity index (χ0n) is 33.9. The molecule has 0 aliphatic heterocycles. The van der Waals surface area contributed by atoms with E-state index in [1.165, 1.54) is 25.7 Å². The number of carbonyl (C=O) groups excluding carboxylic acids is 1. The summed E-state index contributed by atoms with van der Waals surface area (Å²) in [5.74, 6) is -0.407. The third-order valence-corrected chi connectivity index (χ3v) is 9.33. The van der Waals surface area contributed by atoms with Gasteiger partial charge in [-0.2, -0.15) is 0 Å². The van der Waals surface area contributed by atoms with Crippen LogP contribution in [0.3, 0.4) is 0 Å². The lowest BCUT2D eigenvalue weighted by molar-refractivity contribution is -0.154. The second-order valence-electron chi connectivity index (χ2n) is 13.6. The minimum absolute atomic E-state index is 0.0268. The molecule has 3 N–H and O–H groups in total. The van der Waals surface area contributed by atoms with E-state index in [0.717, 1.165) is 103 Å². The first-order valence-electron chi connectivity index (χ1n) is 20.9. The van der Waals surface area contributed by atoms with Gasteiger partial charge >= 0.3 is 13.8 Å². The van der Waals surface area contributed by atoms with Crippen molar-refractivity contribution < 1.29 is 43.0 Å². The number of hydrogen-bond acceptors (Lipinski definition) is 8. The Morgan fingerprint density at radius 1 is 0.593 bits per heavy atom. The maximum absolute atomic E-state index is 12.6. The van der Waals surface area contributed by atoms with E-state index >= 15 is 0 Å². The summed E-state index contributed by atoms with van der Waals surface area (Å²) in [4.78, 5) is 22.5. The summed E-state index contributed by atoms with van der Waals surface area (Å²) in [6.07, 6.45) is 47.1. The molecule has 0 aromatic heterocycles. The van der Waals surface area contributed by atoms with Gasteiger partial charge in [0.1, 0.15) is 12.2 Å². The maximum Gasteiger partial charge on any atom is 0.472 e. The van der Waals surface area contributed by atoms with Crippen molar-refractivity contribution in [3.05, 3.63) is 72.9 Å². The number of esters is 1. The van der Waals surface area contributed by atoms with Gasteiger partial charge in [-0.3, -0.25) is 13.8 Å². The van der Waals surface area contributed by atoms with Crippen LogP contribution < -0.4 is 0 Å². The molecule has 3 atom stereocenters. The van der Waals surface area contributed by atoms with Crippen molar-refractivity contribution in [1.29, 1.82) is 0 Å². The molecule has 0 aromatic rings. The quantitative estimate of drug-likeness (QED) is 0.0241. The van der Waals surface area contributed by atoms with Gasteiger partial charge in [0.2, 0.25) is 0 Å². The first-order valence-corrected chi connectivity index (χ1v) is 22.4. The van der Waals surface area contributed by atoms with Crippen LogP contribution in [0.4, 0.5) is 0 Å². The molecule has 0 saturated carbocycles. The second kappa shape index (κ2) is 40.6. The van der Waals surface area contributed by atoms with Crippen molar-refractivity contribution in [2.24, 2.45) is 0 Å². The molecular formula is C44H77O9P. The minimum atomic E-state index is -4.53. The van der Waals surface area contributed by atoms with Crippen LogP contribution in [0.1, 0.15) is 155 Å². The van der Waals surface area contributed by atoms with Crippen LogP contribution in [0, 0.1) is 0 Å². The third kappa shape index (κ3) is 39.6.